The van der Waals surface area contributed by atoms with Gasteiger partial charge >= 0.3 is 20.5 Å². The number of carbonyl (C=O) groups is 2. The molecule has 142 valence electrons. The van der Waals surface area contributed by atoms with Gasteiger partial charge in [0.05, 0.1) is 14.2 Å². The predicted molar refractivity (Wildman–Crippen MR) is 92.7 cm³/mol. The van der Waals surface area contributed by atoms with Gasteiger partial charge in [-0.1, -0.05) is 0 Å². The van der Waals surface area contributed by atoms with Gasteiger partial charge in [0.2, 0.25) is 0 Å². The predicted octanol–water partition coefficient (Wildman–Crippen LogP) is 0.995. The van der Waals surface area contributed by atoms with E-state index in [9.17, 15) is 9.59 Å². The van der Waals surface area contributed by atoms with E-state index in [1.165, 1.54) is 14.2 Å². The van der Waals surface area contributed by atoms with Gasteiger partial charge in [0.15, 0.2) is 0 Å². The Bertz CT molecular complexity index is 342. The van der Waals surface area contributed by atoms with Gasteiger partial charge in [-0.2, -0.15) is 0 Å². The van der Waals surface area contributed by atoms with Crippen molar-refractivity contribution >= 4 is 20.5 Å². The third-order valence-corrected chi connectivity index (χ3v) is 6.02. The summed E-state index contributed by atoms with van der Waals surface area (Å²) in [7, 11) is 4.01. The molecular weight excluding hydrogens is 334 g/mol. The first-order valence-electron chi connectivity index (χ1n) is 7.61. The van der Waals surface area contributed by atoms with E-state index < -0.39 is 20.5 Å². The zero-order chi connectivity index (χ0) is 18.8. The van der Waals surface area contributed by atoms with Crippen LogP contribution in [0.5, 0.6) is 0 Å². The van der Waals surface area contributed by atoms with E-state index in [0.29, 0.717) is 6.54 Å². The summed E-state index contributed by atoms with van der Waals surface area (Å²) in [5.74, 6) is -1.16. The minimum Gasteiger partial charge on any atom is -0.466 e. The van der Waals surface area contributed by atoms with Gasteiger partial charge in [-0.25, -0.2) is 9.59 Å². The Balaban J connectivity index is 0. The maximum absolute atomic E-state index is 10.3. The Hall–Kier alpha value is -1.26. The summed E-state index contributed by atoms with van der Waals surface area (Å²) in [5, 5.41) is 0. The maximum atomic E-state index is 10.3. The highest BCUT2D eigenvalue weighted by atomic mass is 28.4. The lowest BCUT2D eigenvalue weighted by Crippen LogP contribution is -2.36. The Morgan fingerprint density at radius 1 is 0.917 bits per heavy atom. The van der Waals surface area contributed by atoms with E-state index in [1.807, 2.05) is 0 Å². The molecule has 9 heteroatoms. The molecule has 8 nitrogen and oxygen atoms in total. The summed E-state index contributed by atoms with van der Waals surface area (Å²) in [4.78, 5) is 20.6. The third kappa shape index (κ3) is 15.6. The van der Waals surface area contributed by atoms with Gasteiger partial charge < -0.3 is 28.8 Å². The molecule has 0 fully saturated rings. The van der Waals surface area contributed by atoms with Crippen LogP contribution in [0.25, 0.3) is 0 Å². The van der Waals surface area contributed by atoms with Gasteiger partial charge in [0.1, 0.15) is 0 Å². The normalized spacial score (nSPS) is 10.9. The molecule has 0 amide bonds. The first kappa shape index (κ1) is 25.0. The topological polar surface area (TPSA) is 106 Å². The first-order valence-corrected chi connectivity index (χ1v) is 10.1. The minimum atomic E-state index is -1.87. The molecule has 0 rings (SSSR count). The van der Waals surface area contributed by atoms with Crippen molar-refractivity contribution in [2.45, 2.75) is 25.4 Å². The zero-order valence-electron chi connectivity index (χ0n) is 15.3. The van der Waals surface area contributed by atoms with Crippen LogP contribution >= 0.6 is 0 Å². The molecule has 0 aromatic carbocycles. The summed E-state index contributed by atoms with van der Waals surface area (Å²) in [6, 6.07) is 0.975. The number of hydrogen-bond donors (Lipinski definition) is 1. The molecular formula is C15H31NO7Si. The van der Waals surface area contributed by atoms with E-state index in [2.05, 4.69) is 16.0 Å². The molecule has 2 N–H and O–H groups in total. The fourth-order valence-corrected chi connectivity index (χ4v) is 2.70. The minimum absolute atomic E-state index is 0.578. The van der Waals surface area contributed by atoms with E-state index in [4.69, 9.17) is 19.3 Å². The van der Waals surface area contributed by atoms with Crippen molar-refractivity contribution in [2.24, 2.45) is 5.73 Å². The molecule has 0 saturated carbocycles. The first-order chi connectivity index (χ1) is 11.4. The lowest BCUT2D eigenvalue weighted by Gasteiger charge is -2.22. The third-order valence-electron chi connectivity index (χ3n) is 3.03. The highest BCUT2D eigenvalue weighted by Gasteiger charge is 2.27. The van der Waals surface area contributed by atoms with Crippen LogP contribution in [0.3, 0.4) is 0 Å². The number of hydrogen-bond acceptors (Lipinski definition) is 8. The Labute approximate surface area is 145 Å². The zero-order valence-corrected chi connectivity index (χ0v) is 16.3. The fourth-order valence-electron chi connectivity index (χ4n) is 1.34. The lowest BCUT2D eigenvalue weighted by molar-refractivity contribution is -0.137. The second kappa shape index (κ2) is 16.6. The number of esters is 2. The molecule has 0 aliphatic heterocycles. The number of carbonyl (C=O) groups excluding carboxylic acids is 2. The highest BCUT2D eigenvalue weighted by Crippen LogP contribution is 2.13. The molecule has 0 aliphatic carbocycles. The van der Waals surface area contributed by atoms with Gasteiger partial charge in [0.25, 0.3) is 0 Å². The monoisotopic (exact) mass is 365 g/mol. The standard InChI is InChI=1S/C9H23NO3Si.C6H8O4/c1-11-14(3,12-2)9-5-8-13-7-4-6-10;1-9-5(7)3-4-6(8)10-2/h4-10H2,1-3H3;3-4H,1-2H3/b;4-3-. The van der Waals surface area contributed by atoms with Crippen molar-refractivity contribution in [3.63, 3.8) is 0 Å². The van der Waals surface area contributed by atoms with E-state index in [-0.39, 0.29) is 0 Å². The van der Waals surface area contributed by atoms with Crippen molar-refractivity contribution in [1.82, 2.24) is 0 Å². The van der Waals surface area contributed by atoms with Crippen molar-refractivity contribution in [2.75, 3.05) is 48.2 Å². The average Bonchev–Trinajstić information content (AvgIpc) is 2.62. The van der Waals surface area contributed by atoms with Crippen LogP contribution in [0, 0.1) is 0 Å². The SMILES string of the molecule is COC(=O)/C=C\C(=O)OC.CO[Si](C)(CCCOCCCN)OC. The molecule has 0 atom stereocenters. The molecule has 0 aromatic rings. The van der Waals surface area contributed by atoms with Crippen LogP contribution in [0.4, 0.5) is 0 Å². The molecule has 0 radical (unpaired) electrons. The van der Waals surface area contributed by atoms with Gasteiger partial charge in [0, 0.05) is 39.6 Å². The van der Waals surface area contributed by atoms with Crippen molar-refractivity contribution in [3.8, 4) is 0 Å². The van der Waals surface area contributed by atoms with Crippen molar-refractivity contribution in [3.05, 3.63) is 12.2 Å². The number of methoxy groups -OCH3 is 2. The second-order valence-electron chi connectivity index (χ2n) is 4.78. The van der Waals surface area contributed by atoms with Crippen molar-refractivity contribution in [1.29, 1.82) is 0 Å². The second-order valence-corrected chi connectivity index (χ2v) is 8.36. The van der Waals surface area contributed by atoms with Crippen LogP contribution in [0.15, 0.2) is 12.2 Å². The maximum Gasteiger partial charge on any atom is 0.334 e. The van der Waals surface area contributed by atoms with Crippen LogP contribution in [-0.4, -0.2) is 68.7 Å². The van der Waals surface area contributed by atoms with Gasteiger partial charge in [-0.05, 0) is 32.0 Å². The molecule has 0 aromatic heterocycles. The highest BCUT2D eigenvalue weighted by molar-refractivity contribution is 6.65. The van der Waals surface area contributed by atoms with E-state index >= 15 is 0 Å². The van der Waals surface area contributed by atoms with Crippen LogP contribution in [0.1, 0.15) is 12.8 Å². The Kier molecular flexibility index (Phi) is 17.3. The molecule has 0 unspecified atom stereocenters. The molecule has 0 bridgehead atoms. The smallest absolute Gasteiger partial charge is 0.334 e. The van der Waals surface area contributed by atoms with Crippen LogP contribution in [-0.2, 0) is 32.7 Å². The summed E-state index contributed by atoms with van der Waals surface area (Å²) in [5.41, 5.74) is 5.34. The number of ether oxygens (including phenoxy) is 3. The summed E-state index contributed by atoms with van der Waals surface area (Å²) >= 11 is 0. The molecule has 0 aliphatic rings. The van der Waals surface area contributed by atoms with Crippen molar-refractivity contribution < 1.29 is 32.7 Å². The lowest BCUT2D eigenvalue weighted by atomic mass is 10.4. The van der Waals surface area contributed by atoms with E-state index in [0.717, 1.165) is 44.3 Å². The molecule has 0 spiro atoms. The largest absolute Gasteiger partial charge is 0.466 e. The van der Waals surface area contributed by atoms with Crippen LogP contribution < -0.4 is 5.73 Å². The summed E-state index contributed by atoms with van der Waals surface area (Å²) < 4.78 is 24.5. The van der Waals surface area contributed by atoms with E-state index in [1.54, 1.807) is 14.2 Å². The Morgan fingerprint density at radius 2 is 1.38 bits per heavy atom. The molecule has 0 heterocycles. The number of rotatable bonds is 11. The van der Waals surface area contributed by atoms with Gasteiger partial charge in [-0.15, -0.1) is 0 Å². The summed E-state index contributed by atoms with van der Waals surface area (Å²) in [6.07, 6.45) is 3.91. The quantitative estimate of drug-likeness (QED) is 0.250. The molecule has 24 heavy (non-hydrogen) atoms. The number of nitrogens with two attached hydrogens (primary N) is 1. The summed E-state index contributed by atoms with van der Waals surface area (Å²) in [6.45, 7) is 4.29. The van der Waals surface area contributed by atoms with Gasteiger partial charge in [-0.3, -0.25) is 0 Å². The fraction of sp³-hybridized carbons (Fsp3) is 0.733. The van der Waals surface area contributed by atoms with Crippen LogP contribution in [0.2, 0.25) is 12.6 Å². The Morgan fingerprint density at radius 3 is 1.75 bits per heavy atom. The average molecular weight is 365 g/mol. The molecule has 0 saturated heterocycles.